The molecule has 3 heteroatoms. The minimum Gasteiger partial charge on any atom is -0.340 e. The fourth-order valence-electron chi connectivity index (χ4n) is 3.46. The molecule has 1 N–H and O–H groups in total. The van der Waals surface area contributed by atoms with Crippen LogP contribution in [-0.4, -0.2) is 36.0 Å². The van der Waals surface area contributed by atoms with Crippen molar-refractivity contribution < 1.29 is 4.79 Å². The molecule has 0 spiro atoms. The molecule has 104 valence electrons. The molecule has 1 heterocycles. The normalized spacial score (nSPS) is 25.9. The molecular weight excluding hydrogens is 224 g/mol. The lowest BCUT2D eigenvalue weighted by Gasteiger charge is -2.35. The molecule has 1 saturated carbocycles. The van der Waals surface area contributed by atoms with Crippen molar-refractivity contribution >= 4 is 5.91 Å². The third-order valence-electron chi connectivity index (χ3n) is 4.51. The predicted molar refractivity (Wildman–Crippen MR) is 74.5 cm³/mol. The average molecular weight is 252 g/mol. The van der Waals surface area contributed by atoms with Gasteiger partial charge in [0, 0.05) is 25.0 Å². The van der Waals surface area contributed by atoms with Crippen LogP contribution < -0.4 is 5.32 Å². The molecule has 0 aromatic carbocycles. The van der Waals surface area contributed by atoms with Crippen molar-refractivity contribution in [3.05, 3.63) is 0 Å². The van der Waals surface area contributed by atoms with Gasteiger partial charge in [-0.05, 0) is 39.2 Å². The number of hydrogen-bond donors (Lipinski definition) is 1. The molecule has 2 fully saturated rings. The van der Waals surface area contributed by atoms with E-state index in [9.17, 15) is 4.79 Å². The minimum absolute atomic E-state index is 0.379. The van der Waals surface area contributed by atoms with Crippen molar-refractivity contribution in [3.8, 4) is 0 Å². The van der Waals surface area contributed by atoms with Crippen molar-refractivity contribution in [2.75, 3.05) is 13.1 Å². The van der Waals surface area contributed by atoms with Gasteiger partial charge in [0.15, 0.2) is 0 Å². The number of hydrogen-bond acceptors (Lipinski definition) is 2. The first-order chi connectivity index (χ1) is 8.81. The number of nitrogens with zero attached hydrogens (tertiary/aromatic N) is 1. The van der Waals surface area contributed by atoms with Gasteiger partial charge in [-0.1, -0.05) is 25.7 Å². The number of nitrogens with one attached hydrogen (secondary N) is 1. The second-order valence-electron chi connectivity index (χ2n) is 5.82. The van der Waals surface area contributed by atoms with Crippen LogP contribution in [0.4, 0.5) is 0 Å². The van der Waals surface area contributed by atoms with E-state index in [-0.39, 0.29) is 0 Å². The number of carbonyl (C=O) groups excluding carboxylic acids is 1. The Kier molecular flexibility index (Phi) is 5.48. The Labute approximate surface area is 111 Å². The minimum atomic E-state index is 0.379. The van der Waals surface area contributed by atoms with Crippen LogP contribution in [0.2, 0.25) is 0 Å². The topological polar surface area (TPSA) is 32.3 Å². The summed E-state index contributed by atoms with van der Waals surface area (Å²) in [6.07, 6.45) is 10.8. The first kappa shape index (κ1) is 13.9. The summed E-state index contributed by atoms with van der Waals surface area (Å²) in [5, 5.41) is 3.48. The van der Waals surface area contributed by atoms with Gasteiger partial charge in [-0.15, -0.1) is 0 Å². The Balaban J connectivity index is 1.83. The summed E-state index contributed by atoms with van der Waals surface area (Å²) in [5.41, 5.74) is 0. The summed E-state index contributed by atoms with van der Waals surface area (Å²) in [7, 11) is 0. The van der Waals surface area contributed by atoms with E-state index in [4.69, 9.17) is 0 Å². The number of amides is 1. The maximum atomic E-state index is 12.4. The lowest BCUT2D eigenvalue weighted by Crippen LogP contribution is -2.45. The molecule has 18 heavy (non-hydrogen) atoms. The average Bonchev–Trinajstić information content (AvgIpc) is 2.42. The fourth-order valence-corrected chi connectivity index (χ4v) is 3.46. The van der Waals surface area contributed by atoms with Gasteiger partial charge in [-0.2, -0.15) is 0 Å². The molecule has 1 amide bonds. The highest BCUT2D eigenvalue weighted by Gasteiger charge is 2.26. The molecule has 3 nitrogen and oxygen atoms in total. The predicted octanol–water partition coefficient (Wildman–Crippen LogP) is 2.70. The second-order valence-corrected chi connectivity index (χ2v) is 5.82. The summed E-state index contributed by atoms with van der Waals surface area (Å²) < 4.78 is 0. The van der Waals surface area contributed by atoms with Crippen LogP contribution in [-0.2, 0) is 4.79 Å². The van der Waals surface area contributed by atoms with Crippen molar-refractivity contribution in [1.29, 1.82) is 0 Å². The SMILES string of the molecule is CCN(C(=O)CC1CCCCN1)C1CCCCC1. The second kappa shape index (κ2) is 7.13. The Hall–Kier alpha value is -0.570. The summed E-state index contributed by atoms with van der Waals surface area (Å²) in [4.78, 5) is 14.6. The molecule has 1 aliphatic carbocycles. The van der Waals surface area contributed by atoms with Crippen molar-refractivity contribution in [2.45, 2.75) is 76.8 Å². The van der Waals surface area contributed by atoms with Crippen molar-refractivity contribution in [3.63, 3.8) is 0 Å². The maximum absolute atomic E-state index is 12.4. The molecule has 1 unspecified atom stereocenters. The largest absolute Gasteiger partial charge is 0.340 e. The van der Waals surface area contributed by atoms with E-state index in [1.54, 1.807) is 0 Å². The number of rotatable bonds is 4. The molecule has 2 aliphatic rings. The molecule has 2 rings (SSSR count). The van der Waals surface area contributed by atoms with Crippen molar-refractivity contribution in [1.82, 2.24) is 10.2 Å². The third-order valence-corrected chi connectivity index (χ3v) is 4.51. The zero-order chi connectivity index (χ0) is 12.8. The van der Waals surface area contributed by atoms with Gasteiger partial charge >= 0.3 is 0 Å². The lowest BCUT2D eigenvalue weighted by molar-refractivity contribution is -0.134. The molecule has 0 radical (unpaired) electrons. The van der Waals surface area contributed by atoms with Crippen LogP contribution in [0.25, 0.3) is 0 Å². The summed E-state index contributed by atoms with van der Waals surface area (Å²) in [6, 6.07) is 0.962. The summed E-state index contributed by atoms with van der Waals surface area (Å²) in [5.74, 6) is 0.379. The Morgan fingerprint density at radius 1 is 1.11 bits per heavy atom. The number of carbonyl (C=O) groups is 1. The van der Waals surface area contributed by atoms with Gasteiger partial charge in [0.2, 0.25) is 5.91 Å². The van der Waals surface area contributed by atoms with Crippen molar-refractivity contribution in [2.24, 2.45) is 0 Å². The fraction of sp³-hybridized carbons (Fsp3) is 0.933. The molecule has 0 bridgehead atoms. The lowest BCUT2D eigenvalue weighted by atomic mass is 9.93. The van der Waals surface area contributed by atoms with Gasteiger partial charge in [-0.3, -0.25) is 4.79 Å². The van der Waals surface area contributed by atoms with Gasteiger partial charge in [0.25, 0.3) is 0 Å². The van der Waals surface area contributed by atoms with E-state index in [0.29, 0.717) is 24.4 Å². The summed E-state index contributed by atoms with van der Waals surface area (Å²) in [6.45, 7) is 4.10. The molecule has 0 aromatic heterocycles. The van der Waals surface area contributed by atoms with E-state index >= 15 is 0 Å². The van der Waals surface area contributed by atoms with Crippen LogP contribution in [0.3, 0.4) is 0 Å². The maximum Gasteiger partial charge on any atom is 0.224 e. The quantitative estimate of drug-likeness (QED) is 0.834. The monoisotopic (exact) mass is 252 g/mol. The van der Waals surface area contributed by atoms with E-state index in [0.717, 1.165) is 13.1 Å². The van der Waals surface area contributed by atoms with Gasteiger partial charge < -0.3 is 10.2 Å². The van der Waals surface area contributed by atoms with Crippen LogP contribution in [0.15, 0.2) is 0 Å². The van der Waals surface area contributed by atoms with Crippen LogP contribution in [0, 0.1) is 0 Å². The third kappa shape index (κ3) is 3.71. The highest BCUT2D eigenvalue weighted by atomic mass is 16.2. The van der Waals surface area contributed by atoms with Gasteiger partial charge in [0.1, 0.15) is 0 Å². The zero-order valence-electron chi connectivity index (χ0n) is 11.8. The van der Waals surface area contributed by atoms with Crippen LogP contribution in [0.5, 0.6) is 0 Å². The summed E-state index contributed by atoms with van der Waals surface area (Å²) >= 11 is 0. The van der Waals surface area contributed by atoms with E-state index < -0.39 is 0 Å². The Bertz CT molecular complexity index is 255. The van der Waals surface area contributed by atoms with E-state index in [1.165, 1.54) is 51.4 Å². The molecule has 1 atom stereocenters. The first-order valence-corrected chi connectivity index (χ1v) is 7.84. The van der Waals surface area contributed by atoms with Crippen LogP contribution >= 0.6 is 0 Å². The smallest absolute Gasteiger partial charge is 0.224 e. The van der Waals surface area contributed by atoms with Crippen LogP contribution in [0.1, 0.15) is 64.7 Å². The highest BCUT2D eigenvalue weighted by molar-refractivity contribution is 5.77. The zero-order valence-corrected chi connectivity index (χ0v) is 11.8. The Morgan fingerprint density at radius 3 is 2.44 bits per heavy atom. The van der Waals surface area contributed by atoms with E-state index in [2.05, 4.69) is 17.1 Å². The Morgan fingerprint density at radius 2 is 1.83 bits per heavy atom. The standard InChI is InChI=1S/C15H28N2O/c1-2-17(14-9-4-3-5-10-14)15(18)12-13-8-6-7-11-16-13/h13-14,16H,2-12H2,1H3. The molecule has 1 saturated heterocycles. The van der Waals surface area contributed by atoms with Gasteiger partial charge in [-0.25, -0.2) is 0 Å². The van der Waals surface area contributed by atoms with E-state index in [1.807, 2.05) is 0 Å². The molecule has 1 aliphatic heterocycles. The highest BCUT2D eigenvalue weighted by Crippen LogP contribution is 2.23. The molecular formula is C15H28N2O. The van der Waals surface area contributed by atoms with Gasteiger partial charge in [0.05, 0.1) is 0 Å². The first-order valence-electron chi connectivity index (χ1n) is 7.84. The molecule has 0 aromatic rings. The number of piperidine rings is 1.